The van der Waals surface area contributed by atoms with Crippen LogP contribution in [0.5, 0.6) is 5.75 Å². The highest BCUT2D eigenvalue weighted by atomic mass is 16.5. The number of ether oxygens (including phenoxy) is 1. The SMILES string of the molecule is CC(Oc1ccccc1)C(=O)N[C@H]1CC[C@@H](C(=O)O)C1. The fourth-order valence-electron chi connectivity index (χ4n) is 2.41. The van der Waals surface area contributed by atoms with Crippen molar-refractivity contribution in [3.63, 3.8) is 0 Å². The molecule has 0 spiro atoms. The third-order valence-electron chi connectivity index (χ3n) is 3.55. The smallest absolute Gasteiger partial charge is 0.306 e. The standard InChI is InChI=1S/C15H19NO4/c1-10(20-13-5-3-2-4-6-13)14(17)16-12-8-7-11(9-12)15(18)19/h2-6,10-12H,7-9H2,1H3,(H,16,17)(H,18,19)/t10?,11-,12+/m1/s1. The van der Waals surface area contributed by atoms with Gasteiger partial charge in [-0.3, -0.25) is 9.59 Å². The lowest BCUT2D eigenvalue weighted by atomic mass is 10.1. The Kier molecular flexibility index (Phi) is 4.61. The van der Waals surface area contributed by atoms with Crippen LogP contribution in [0.2, 0.25) is 0 Å². The van der Waals surface area contributed by atoms with Crippen molar-refractivity contribution in [1.29, 1.82) is 0 Å². The molecule has 5 heteroatoms. The molecule has 5 nitrogen and oxygen atoms in total. The summed E-state index contributed by atoms with van der Waals surface area (Å²) >= 11 is 0. The molecule has 0 aromatic heterocycles. The molecule has 2 rings (SSSR count). The van der Waals surface area contributed by atoms with E-state index in [0.717, 1.165) is 0 Å². The van der Waals surface area contributed by atoms with Gasteiger partial charge in [-0.15, -0.1) is 0 Å². The van der Waals surface area contributed by atoms with E-state index in [-0.39, 0.29) is 17.9 Å². The minimum atomic E-state index is -0.782. The molecule has 2 N–H and O–H groups in total. The Morgan fingerprint density at radius 3 is 2.60 bits per heavy atom. The summed E-state index contributed by atoms with van der Waals surface area (Å²) in [5.74, 6) is -0.684. The van der Waals surface area contributed by atoms with E-state index in [1.54, 1.807) is 19.1 Å². The number of hydrogen-bond acceptors (Lipinski definition) is 3. The van der Waals surface area contributed by atoms with Gasteiger partial charge in [0.2, 0.25) is 0 Å². The highest BCUT2D eigenvalue weighted by molar-refractivity contribution is 5.81. The first-order chi connectivity index (χ1) is 9.56. The van der Waals surface area contributed by atoms with Crippen LogP contribution in [0, 0.1) is 5.92 Å². The van der Waals surface area contributed by atoms with Crippen molar-refractivity contribution in [1.82, 2.24) is 5.32 Å². The van der Waals surface area contributed by atoms with Gasteiger partial charge in [-0.2, -0.15) is 0 Å². The average Bonchev–Trinajstić information content (AvgIpc) is 2.88. The van der Waals surface area contributed by atoms with Crippen molar-refractivity contribution < 1.29 is 19.4 Å². The van der Waals surface area contributed by atoms with Crippen molar-refractivity contribution in [2.45, 2.75) is 38.3 Å². The molecule has 1 unspecified atom stereocenters. The molecule has 0 bridgehead atoms. The minimum absolute atomic E-state index is 0.0644. The van der Waals surface area contributed by atoms with Crippen molar-refractivity contribution in [2.75, 3.05) is 0 Å². The lowest BCUT2D eigenvalue weighted by molar-refractivity contribution is -0.141. The first kappa shape index (κ1) is 14.4. The van der Waals surface area contributed by atoms with Crippen LogP contribution in [-0.4, -0.2) is 29.1 Å². The molecule has 0 radical (unpaired) electrons. The lowest BCUT2D eigenvalue weighted by Crippen LogP contribution is -2.41. The van der Waals surface area contributed by atoms with Crippen LogP contribution in [0.3, 0.4) is 0 Å². The molecule has 1 aromatic rings. The average molecular weight is 277 g/mol. The van der Waals surface area contributed by atoms with E-state index in [1.807, 2.05) is 18.2 Å². The minimum Gasteiger partial charge on any atom is -0.481 e. The molecule has 1 aliphatic rings. The van der Waals surface area contributed by atoms with Crippen LogP contribution in [0.1, 0.15) is 26.2 Å². The van der Waals surface area contributed by atoms with Gasteiger partial charge in [0.15, 0.2) is 6.10 Å². The van der Waals surface area contributed by atoms with Crippen molar-refractivity contribution in [3.8, 4) is 5.75 Å². The van der Waals surface area contributed by atoms with Crippen LogP contribution in [0.4, 0.5) is 0 Å². The Hall–Kier alpha value is -2.04. The molecule has 108 valence electrons. The van der Waals surface area contributed by atoms with Gasteiger partial charge in [-0.05, 0) is 38.3 Å². The van der Waals surface area contributed by atoms with Gasteiger partial charge >= 0.3 is 5.97 Å². The lowest BCUT2D eigenvalue weighted by Gasteiger charge is -2.18. The van der Waals surface area contributed by atoms with Gasteiger partial charge in [0, 0.05) is 6.04 Å². The van der Waals surface area contributed by atoms with E-state index in [9.17, 15) is 9.59 Å². The topological polar surface area (TPSA) is 75.6 Å². The number of aliphatic carboxylic acids is 1. The summed E-state index contributed by atoms with van der Waals surface area (Å²) < 4.78 is 5.53. The fraction of sp³-hybridized carbons (Fsp3) is 0.467. The molecule has 3 atom stereocenters. The number of carbonyl (C=O) groups excluding carboxylic acids is 1. The van der Waals surface area contributed by atoms with Gasteiger partial charge in [0.1, 0.15) is 5.75 Å². The molecule has 1 aliphatic carbocycles. The zero-order valence-corrected chi connectivity index (χ0v) is 11.4. The van der Waals surface area contributed by atoms with Crippen LogP contribution in [0.25, 0.3) is 0 Å². The number of nitrogens with one attached hydrogen (secondary N) is 1. The number of carboxylic acid groups (broad SMARTS) is 1. The summed E-state index contributed by atoms with van der Waals surface area (Å²) in [7, 11) is 0. The number of carboxylic acids is 1. The molecule has 20 heavy (non-hydrogen) atoms. The molecule has 0 aliphatic heterocycles. The second kappa shape index (κ2) is 6.41. The largest absolute Gasteiger partial charge is 0.481 e. The number of rotatable bonds is 5. The van der Waals surface area contributed by atoms with Crippen LogP contribution >= 0.6 is 0 Å². The Morgan fingerprint density at radius 1 is 1.30 bits per heavy atom. The normalized spacial score (nSPS) is 23.1. The third-order valence-corrected chi connectivity index (χ3v) is 3.55. The van der Waals surface area contributed by atoms with E-state index in [0.29, 0.717) is 25.0 Å². The molecule has 1 amide bonds. The number of amides is 1. The van der Waals surface area contributed by atoms with E-state index in [2.05, 4.69) is 5.32 Å². The fourth-order valence-corrected chi connectivity index (χ4v) is 2.41. The Balaban J connectivity index is 1.81. The zero-order valence-electron chi connectivity index (χ0n) is 11.4. The molecule has 1 aromatic carbocycles. The Labute approximate surface area is 117 Å². The number of para-hydroxylation sites is 1. The van der Waals surface area contributed by atoms with Crippen molar-refractivity contribution in [2.24, 2.45) is 5.92 Å². The van der Waals surface area contributed by atoms with Gasteiger partial charge in [-0.1, -0.05) is 18.2 Å². The molecular formula is C15H19NO4. The van der Waals surface area contributed by atoms with Gasteiger partial charge in [0.25, 0.3) is 5.91 Å². The second-order valence-electron chi connectivity index (χ2n) is 5.13. The molecule has 0 saturated heterocycles. The Bertz CT molecular complexity index is 474. The highest BCUT2D eigenvalue weighted by Crippen LogP contribution is 2.25. The molecule has 1 saturated carbocycles. The Morgan fingerprint density at radius 2 is 2.00 bits per heavy atom. The summed E-state index contributed by atoms with van der Waals surface area (Å²) in [4.78, 5) is 22.9. The maximum absolute atomic E-state index is 12.0. The molecular weight excluding hydrogens is 258 g/mol. The van der Waals surface area contributed by atoms with Gasteiger partial charge in [0.05, 0.1) is 5.92 Å². The zero-order chi connectivity index (χ0) is 14.5. The number of benzene rings is 1. The first-order valence-corrected chi connectivity index (χ1v) is 6.81. The predicted octanol–water partition coefficient (Wildman–Crippen LogP) is 1.82. The second-order valence-corrected chi connectivity index (χ2v) is 5.13. The van der Waals surface area contributed by atoms with Gasteiger partial charge in [-0.25, -0.2) is 0 Å². The maximum Gasteiger partial charge on any atom is 0.306 e. The highest BCUT2D eigenvalue weighted by Gasteiger charge is 2.31. The van der Waals surface area contributed by atoms with Crippen LogP contribution in [0.15, 0.2) is 30.3 Å². The summed E-state index contributed by atoms with van der Waals surface area (Å²) in [6, 6.07) is 9.08. The monoisotopic (exact) mass is 277 g/mol. The number of carbonyl (C=O) groups is 2. The van der Waals surface area contributed by atoms with E-state index >= 15 is 0 Å². The number of hydrogen-bond donors (Lipinski definition) is 2. The van der Waals surface area contributed by atoms with Crippen molar-refractivity contribution in [3.05, 3.63) is 30.3 Å². The van der Waals surface area contributed by atoms with E-state index in [1.165, 1.54) is 0 Å². The summed E-state index contributed by atoms with van der Waals surface area (Å²) in [5.41, 5.74) is 0. The van der Waals surface area contributed by atoms with Crippen LogP contribution < -0.4 is 10.1 Å². The van der Waals surface area contributed by atoms with E-state index in [4.69, 9.17) is 9.84 Å². The summed E-state index contributed by atoms with van der Waals surface area (Å²) in [6.07, 6.45) is 1.23. The first-order valence-electron chi connectivity index (χ1n) is 6.81. The third kappa shape index (κ3) is 3.73. The van der Waals surface area contributed by atoms with Crippen LogP contribution in [-0.2, 0) is 9.59 Å². The quantitative estimate of drug-likeness (QED) is 0.861. The summed E-state index contributed by atoms with van der Waals surface area (Å²) in [6.45, 7) is 1.69. The maximum atomic E-state index is 12.0. The molecule has 1 fully saturated rings. The van der Waals surface area contributed by atoms with Crippen molar-refractivity contribution >= 4 is 11.9 Å². The van der Waals surface area contributed by atoms with E-state index < -0.39 is 12.1 Å². The molecule has 0 heterocycles. The summed E-state index contributed by atoms with van der Waals surface area (Å²) in [5, 5.41) is 11.8. The van der Waals surface area contributed by atoms with Gasteiger partial charge < -0.3 is 15.2 Å². The predicted molar refractivity (Wildman–Crippen MR) is 73.4 cm³/mol.